The molecule has 0 bridgehead atoms. The molecule has 1 spiro atoms. The Balaban J connectivity index is 1.47. The molecule has 2 aromatic rings. The molecule has 1 saturated carbocycles. The van der Waals surface area contributed by atoms with Crippen molar-refractivity contribution in [1.82, 2.24) is 19.7 Å². The quantitative estimate of drug-likeness (QED) is 0.802. The van der Waals surface area contributed by atoms with Gasteiger partial charge in [-0.3, -0.25) is 4.79 Å². The van der Waals surface area contributed by atoms with Crippen LogP contribution in [0.2, 0.25) is 0 Å². The van der Waals surface area contributed by atoms with Crippen molar-refractivity contribution in [2.45, 2.75) is 43.4 Å². The van der Waals surface area contributed by atoms with Gasteiger partial charge in [0.25, 0.3) is 0 Å². The number of hydrogen-bond donors (Lipinski definition) is 0. The van der Waals surface area contributed by atoms with Crippen LogP contribution in [0.15, 0.2) is 36.7 Å². The van der Waals surface area contributed by atoms with Gasteiger partial charge in [-0.2, -0.15) is 5.10 Å². The largest absolute Gasteiger partial charge is 0.338 e. The second kappa shape index (κ2) is 7.07. The van der Waals surface area contributed by atoms with Crippen LogP contribution in [0.4, 0.5) is 0 Å². The van der Waals surface area contributed by atoms with E-state index >= 15 is 0 Å². The lowest BCUT2D eigenvalue weighted by Gasteiger charge is -2.44. The molecule has 2 heterocycles. The fourth-order valence-corrected chi connectivity index (χ4v) is 6.34. The van der Waals surface area contributed by atoms with Crippen LogP contribution >= 0.6 is 0 Å². The van der Waals surface area contributed by atoms with Crippen molar-refractivity contribution >= 4 is 15.7 Å². The van der Waals surface area contributed by atoms with E-state index in [0.717, 1.165) is 24.8 Å². The van der Waals surface area contributed by atoms with Crippen molar-refractivity contribution in [3.05, 3.63) is 36.7 Å². The monoisotopic (exact) mass is 388 g/mol. The number of rotatable bonds is 3. The maximum atomic E-state index is 12.8. The Morgan fingerprint density at radius 1 is 1.11 bits per heavy atom. The lowest BCUT2D eigenvalue weighted by molar-refractivity contribution is -0.132. The lowest BCUT2D eigenvalue weighted by atomic mass is 9.87. The summed E-state index contributed by atoms with van der Waals surface area (Å²) in [5.74, 6) is 0.540. The number of hydrogen-bond acceptors (Lipinski definition) is 5. The van der Waals surface area contributed by atoms with Crippen LogP contribution in [0.1, 0.15) is 32.1 Å². The summed E-state index contributed by atoms with van der Waals surface area (Å²) < 4.78 is 26.1. The normalized spacial score (nSPS) is 21.3. The number of carbonyl (C=O) groups is 1. The number of sulfone groups is 1. The zero-order valence-corrected chi connectivity index (χ0v) is 16.1. The zero-order valence-electron chi connectivity index (χ0n) is 15.2. The van der Waals surface area contributed by atoms with Crippen LogP contribution in [0.25, 0.3) is 11.4 Å². The highest BCUT2D eigenvalue weighted by molar-refractivity contribution is 7.92. The van der Waals surface area contributed by atoms with Crippen LogP contribution in [-0.4, -0.2) is 57.6 Å². The average Bonchev–Trinajstić information content (AvgIpc) is 3.14. The molecule has 1 amide bonds. The van der Waals surface area contributed by atoms with Gasteiger partial charge in [0.2, 0.25) is 5.91 Å². The summed E-state index contributed by atoms with van der Waals surface area (Å²) in [5, 5.41) is 4.39. The molecular weight excluding hydrogens is 364 g/mol. The minimum absolute atomic E-state index is 0.0609. The Kier molecular flexibility index (Phi) is 4.75. The highest BCUT2D eigenvalue weighted by Crippen LogP contribution is 2.38. The molecule has 0 N–H and O–H groups in total. The van der Waals surface area contributed by atoms with Crippen LogP contribution < -0.4 is 0 Å². The first-order valence-electron chi connectivity index (χ1n) is 9.44. The predicted octanol–water partition coefficient (Wildman–Crippen LogP) is 1.91. The van der Waals surface area contributed by atoms with E-state index in [2.05, 4.69) is 10.1 Å². The van der Waals surface area contributed by atoms with E-state index in [0.29, 0.717) is 25.2 Å². The Morgan fingerprint density at radius 3 is 2.59 bits per heavy atom. The van der Waals surface area contributed by atoms with Gasteiger partial charge in [0.1, 0.15) is 12.9 Å². The minimum Gasteiger partial charge on any atom is -0.338 e. The summed E-state index contributed by atoms with van der Waals surface area (Å²) in [7, 11) is -3.15. The van der Waals surface area contributed by atoms with Gasteiger partial charge in [-0.15, -0.1) is 0 Å². The third-order valence-corrected chi connectivity index (χ3v) is 8.33. The van der Waals surface area contributed by atoms with Crippen molar-refractivity contribution in [3.8, 4) is 11.4 Å². The second-order valence-corrected chi connectivity index (χ2v) is 10.0. The van der Waals surface area contributed by atoms with Gasteiger partial charge >= 0.3 is 0 Å². The van der Waals surface area contributed by atoms with E-state index in [1.807, 2.05) is 30.3 Å². The number of aromatic nitrogens is 3. The topological polar surface area (TPSA) is 85.2 Å². The number of nitrogens with zero attached hydrogens (tertiary/aromatic N) is 4. The smallest absolute Gasteiger partial charge is 0.244 e. The minimum atomic E-state index is -3.15. The third-order valence-electron chi connectivity index (χ3n) is 5.75. The SMILES string of the molecule is O=C(Cn1cnc(-c2ccccc2)n1)N1CCS(=O)(=O)C2(CCCCC2)C1. The van der Waals surface area contributed by atoms with Crippen molar-refractivity contribution in [3.63, 3.8) is 0 Å². The van der Waals surface area contributed by atoms with Gasteiger partial charge in [0.15, 0.2) is 15.7 Å². The fraction of sp³-hybridized carbons (Fsp3) is 0.526. The maximum Gasteiger partial charge on any atom is 0.244 e. The Labute approximate surface area is 159 Å². The summed E-state index contributed by atoms with van der Waals surface area (Å²) >= 11 is 0. The van der Waals surface area contributed by atoms with E-state index in [-0.39, 0.29) is 24.7 Å². The van der Waals surface area contributed by atoms with Gasteiger partial charge in [0.05, 0.1) is 10.5 Å². The Hall–Kier alpha value is -2.22. The maximum absolute atomic E-state index is 12.8. The molecule has 144 valence electrons. The summed E-state index contributed by atoms with van der Waals surface area (Å²) in [6, 6.07) is 9.60. The number of amides is 1. The molecule has 1 saturated heterocycles. The van der Waals surface area contributed by atoms with E-state index in [4.69, 9.17) is 0 Å². The molecular formula is C19H24N4O3S. The molecule has 2 aliphatic rings. The highest BCUT2D eigenvalue weighted by atomic mass is 32.2. The molecule has 27 heavy (non-hydrogen) atoms. The third kappa shape index (κ3) is 3.50. The lowest BCUT2D eigenvalue weighted by Crippen LogP contribution is -2.58. The van der Waals surface area contributed by atoms with Crippen molar-refractivity contribution < 1.29 is 13.2 Å². The first kappa shape index (κ1) is 18.2. The molecule has 1 aromatic carbocycles. The van der Waals surface area contributed by atoms with Crippen LogP contribution in [0, 0.1) is 0 Å². The molecule has 0 unspecified atom stereocenters. The van der Waals surface area contributed by atoms with Gasteiger partial charge in [-0.25, -0.2) is 18.1 Å². The van der Waals surface area contributed by atoms with Crippen molar-refractivity contribution in [1.29, 1.82) is 0 Å². The summed E-state index contributed by atoms with van der Waals surface area (Å²) in [4.78, 5) is 18.8. The molecule has 0 radical (unpaired) electrons. The number of benzene rings is 1. The highest BCUT2D eigenvalue weighted by Gasteiger charge is 2.49. The van der Waals surface area contributed by atoms with Gasteiger partial charge in [0, 0.05) is 18.7 Å². The predicted molar refractivity (Wildman–Crippen MR) is 102 cm³/mol. The first-order valence-corrected chi connectivity index (χ1v) is 11.1. The van der Waals surface area contributed by atoms with Crippen LogP contribution in [0.3, 0.4) is 0 Å². The average molecular weight is 388 g/mol. The van der Waals surface area contributed by atoms with Gasteiger partial charge in [-0.1, -0.05) is 49.6 Å². The molecule has 1 aromatic heterocycles. The molecule has 4 rings (SSSR count). The molecule has 1 aliphatic heterocycles. The van der Waals surface area contributed by atoms with Crippen molar-refractivity contribution in [2.75, 3.05) is 18.8 Å². The van der Waals surface area contributed by atoms with Crippen molar-refractivity contribution in [2.24, 2.45) is 0 Å². The summed E-state index contributed by atoms with van der Waals surface area (Å²) in [6.45, 7) is 0.660. The summed E-state index contributed by atoms with van der Waals surface area (Å²) in [5.41, 5.74) is 0.897. The van der Waals surface area contributed by atoms with Crippen LogP contribution in [0.5, 0.6) is 0 Å². The molecule has 1 aliphatic carbocycles. The van der Waals surface area contributed by atoms with Gasteiger partial charge < -0.3 is 4.90 Å². The standard InChI is InChI=1S/C19H24N4O3S/c24-17(13-23-15-20-18(21-23)16-7-3-1-4-8-16)22-11-12-27(25,26)19(14-22)9-5-2-6-10-19/h1,3-4,7-8,15H,2,5-6,9-14H2. The molecule has 2 fully saturated rings. The van der Waals surface area contributed by atoms with Crippen LogP contribution in [-0.2, 0) is 21.2 Å². The zero-order chi connectivity index (χ0) is 18.9. The van der Waals surface area contributed by atoms with E-state index < -0.39 is 14.6 Å². The Bertz CT molecular complexity index is 917. The van der Waals surface area contributed by atoms with E-state index in [9.17, 15) is 13.2 Å². The molecule has 0 atom stereocenters. The molecule has 7 nitrogen and oxygen atoms in total. The van der Waals surface area contributed by atoms with E-state index in [1.54, 1.807) is 11.2 Å². The van der Waals surface area contributed by atoms with Gasteiger partial charge in [-0.05, 0) is 12.8 Å². The molecule has 8 heteroatoms. The Morgan fingerprint density at radius 2 is 1.85 bits per heavy atom. The second-order valence-electron chi connectivity index (χ2n) is 7.51. The fourth-order valence-electron chi connectivity index (χ4n) is 4.18. The number of carbonyl (C=O) groups excluding carboxylic acids is 1. The first-order chi connectivity index (χ1) is 13.0. The summed E-state index contributed by atoms with van der Waals surface area (Å²) in [6.07, 6.45) is 5.81. The van der Waals surface area contributed by atoms with E-state index in [1.165, 1.54) is 4.68 Å².